The Balaban J connectivity index is 2.29. The van der Waals surface area contributed by atoms with Crippen LogP contribution in [-0.4, -0.2) is 44.3 Å². The van der Waals surface area contributed by atoms with Gasteiger partial charge in [0.05, 0.1) is 4.91 Å². The standard InChI is InChI=1S/C15H14ClNO3S3/c1-22-7-6-11(14(19)20)17-13(18)12(23-15(17)21)8-9-4-2-3-5-10(9)16/h2-5,8,11H,6-7H2,1H3,(H,19,20)/b12-8-/t11-/m0/s1. The lowest BCUT2D eigenvalue weighted by atomic mass is 10.1. The minimum Gasteiger partial charge on any atom is -0.480 e. The van der Waals surface area contributed by atoms with E-state index in [4.69, 9.17) is 23.8 Å². The van der Waals surface area contributed by atoms with Gasteiger partial charge in [-0.25, -0.2) is 4.79 Å². The number of amides is 1. The summed E-state index contributed by atoms with van der Waals surface area (Å²) in [5.41, 5.74) is 0.700. The van der Waals surface area contributed by atoms with Gasteiger partial charge in [0.25, 0.3) is 5.91 Å². The number of aliphatic carboxylic acids is 1. The number of halogens is 1. The van der Waals surface area contributed by atoms with Crippen LogP contribution < -0.4 is 0 Å². The van der Waals surface area contributed by atoms with Crippen LogP contribution in [0.4, 0.5) is 0 Å². The first-order valence-electron chi connectivity index (χ1n) is 6.69. The lowest BCUT2D eigenvalue weighted by Gasteiger charge is -2.22. The van der Waals surface area contributed by atoms with Gasteiger partial charge in [-0.05, 0) is 36.1 Å². The summed E-state index contributed by atoms with van der Waals surface area (Å²) in [5, 5.41) is 9.93. The fourth-order valence-electron chi connectivity index (χ4n) is 2.07. The van der Waals surface area contributed by atoms with E-state index in [1.165, 1.54) is 16.7 Å². The monoisotopic (exact) mass is 387 g/mol. The molecule has 1 heterocycles. The van der Waals surface area contributed by atoms with Crippen LogP contribution in [0.25, 0.3) is 6.08 Å². The molecule has 1 aliphatic rings. The lowest BCUT2D eigenvalue weighted by molar-refractivity contribution is -0.145. The van der Waals surface area contributed by atoms with E-state index >= 15 is 0 Å². The first-order chi connectivity index (χ1) is 11.0. The quantitative estimate of drug-likeness (QED) is 0.592. The van der Waals surface area contributed by atoms with E-state index in [2.05, 4.69) is 0 Å². The molecule has 23 heavy (non-hydrogen) atoms. The Morgan fingerprint density at radius 1 is 1.52 bits per heavy atom. The van der Waals surface area contributed by atoms with Crippen molar-refractivity contribution >= 4 is 69.6 Å². The van der Waals surface area contributed by atoms with Crippen LogP contribution in [0.1, 0.15) is 12.0 Å². The number of rotatable bonds is 6. The molecule has 1 N–H and O–H groups in total. The van der Waals surface area contributed by atoms with Crippen molar-refractivity contribution < 1.29 is 14.7 Å². The molecule has 0 saturated carbocycles. The van der Waals surface area contributed by atoms with E-state index in [1.54, 1.807) is 24.3 Å². The minimum atomic E-state index is -1.05. The van der Waals surface area contributed by atoms with Crippen LogP contribution in [0, 0.1) is 0 Å². The van der Waals surface area contributed by atoms with Crippen molar-refractivity contribution in [2.45, 2.75) is 12.5 Å². The van der Waals surface area contributed by atoms with Crippen molar-refractivity contribution in [2.75, 3.05) is 12.0 Å². The fraction of sp³-hybridized carbons (Fsp3) is 0.267. The van der Waals surface area contributed by atoms with Gasteiger partial charge in [-0.2, -0.15) is 11.8 Å². The Labute approximate surface area is 153 Å². The molecule has 122 valence electrons. The average Bonchev–Trinajstić information content (AvgIpc) is 2.77. The molecule has 1 amide bonds. The largest absolute Gasteiger partial charge is 0.480 e. The second-order valence-electron chi connectivity index (χ2n) is 4.71. The van der Waals surface area contributed by atoms with Crippen molar-refractivity contribution in [3.05, 3.63) is 39.8 Å². The van der Waals surface area contributed by atoms with Crippen molar-refractivity contribution in [1.29, 1.82) is 0 Å². The van der Waals surface area contributed by atoms with Crippen molar-refractivity contribution in [2.24, 2.45) is 0 Å². The molecule has 1 fully saturated rings. The second-order valence-corrected chi connectivity index (χ2v) is 7.78. The average molecular weight is 388 g/mol. The van der Waals surface area contributed by atoms with E-state index in [0.29, 0.717) is 27.7 Å². The zero-order valence-electron chi connectivity index (χ0n) is 12.2. The zero-order chi connectivity index (χ0) is 17.0. The molecule has 0 unspecified atom stereocenters. The maximum absolute atomic E-state index is 12.6. The van der Waals surface area contributed by atoms with Crippen LogP contribution in [-0.2, 0) is 9.59 Å². The van der Waals surface area contributed by atoms with Gasteiger partial charge in [0.15, 0.2) is 0 Å². The highest BCUT2D eigenvalue weighted by molar-refractivity contribution is 8.26. The van der Waals surface area contributed by atoms with E-state index in [9.17, 15) is 14.7 Å². The van der Waals surface area contributed by atoms with Crippen molar-refractivity contribution in [1.82, 2.24) is 4.90 Å². The molecular weight excluding hydrogens is 374 g/mol. The van der Waals surface area contributed by atoms with Gasteiger partial charge in [0.1, 0.15) is 10.4 Å². The van der Waals surface area contributed by atoms with Crippen LogP contribution in [0.15, 0.2) is 29.2 Å². The molecule has 1 aromatic rings. The van der Waals surface area contributed by atoms with Gasteiger partial charge < -0.3 is 5.11 Å². The van der Waals surface area contributed by atoms with Gasteiger partial charge in [0, 0.05) is 5.02 Å². The normalized spacial score (nSPS) is 17.8. The van der Waals surface area contributed by atoms with Gasteiger partial charge in [0.2, 0.25) is 0 Å². The first kappa shape index (κ1) is 18.3. The fourth-order valence-corrected chi connectivity index (χ4v) is 4.07. The highest BCUT2D eigenvalue weighted by atomic mass is 35.5. The van der Waals surface area contributed by atoms with E-state index < -0.39 is 12.0 Å². The number of nitrogens with zero attached hydrogens (tertiary/aromatic N) is 1. The maximum Gasteiger partial charge on any atom is 0.326 e. The van der Waals surface area contributed by atoms with Crippen LogP contribution in [0.3, 0.4) is 0 Å². The SMILES string of the molecule is CSCC[C@@H](C(=O)O)N1C(=O)/C(=C/c2ccccc2Cl)SC1=S. The smallest absolute Gasteiger partial charge is 0.326 e. The Bertz CT molecular complexity index is 678. The number of hydrogen-bond donors (Lipinski definition) is 1. The van der Waals surface area contributed by atoms with E-state index in [0.717, 1.165) is 11.8 Å². The van der Waals surface area contributed by atoms with E-state index in [-0.39, 0.29) is 10.2 Å². The van der Waals surface area contributed by atoms with Crippen molar-refractivity contribution in [3.63, 3.8) is 0 Å². The summed E-state index contributed by atoms with van der Waals surface area (Å²) in [5.74, 6) is -0.791. The highest BCUT2D eigenvalue weighted by Crippen LogP contribution is 2.35. The third-order valence-corrected chi connectivity index (χ3v) is 5.53. The summed E-state index contributed by atoms with van der Waals surface area (Å²) in [6.45, 7) is 0. The summed E-state index contributed by atoms with van der Waals surface area (Å²) in [6.07, 6.45) is 3.89. The number of carboxylic acids is 1. The number of thiocarbonyl (C=S) groups is 1. The highest BCUT2D eigenvalue weighted by Gasteiger charge is 2.40. The molecule has 1 saturated heterocycles. The van der Waals surface area contributed by atoms with Gasteiger partial charge in [-0.1, -0.05) is 53.8 Å². The molecular formula is C15H14ClNO3S3. The Morgan fingerprint density at radius 2 is 2.22 bits per heavy atom. The summed E-state index contributed by atoms with van der Waals surface area (Å²) < 4.78 is 0.266. The Morgan fingerprint density at radius 3 is 2.83 bits per heavy atom. The van der Waals surface area contributed by atoms with Gasteiger partial charge >= 0.3 is 5.97 Å². The Kier molecular flexibility index (Phi) is 6.52. The molecule has 0 radical (unpaired) electrons. The van der Waals surface area contributed by atoms with Crippen molar-refractivity contribution in [3.8, 4) is 0 Å². The predicted molar refractivity (Wildman–Crippen MR) is 101 cm³/mol. The predicted octanol–water partition coefficient (Wildman–Crippen LogP) is 3.75. The molecule has 4 nitrogen and oxygen atoms in total. The molecule has 1 atom stereocenters. The van der Waals surface area contributed by atoms with E-state index in [1.807, 2.05) is 12.3 Å². The summed E-state index contributed by atoms with van der Waals surface area (Å²) >= 11 is 13.9. The zero-order valence-corrected chi connectivity index (χ0v) is 15.4. The molecule has 1 aliphatic heterocycles. The number of carbonyl (C=O) groups is 2. The third kappa shape index (κ3) is 4.29. The molecule has 0 aromatic heterocycles. The lowest BCUT2D eigenvalue weighted by Crippen LogP contribution is -2.44. The Hall–Kier alpha value is -1.02. The maximum atomic E-state index is 12.6. The molecule has 0 aliphatic carbocycles. The summed E-state index contributed by atoms with van der Waals surface area (Å²) in [6, 6.07) is 6.20. The summed E-state index contributed by atoms with van der Waals surface area (Å²) in [7, 11) is 0. The van der Waals surface area contributed by atoms with Crippen LogP contribution >= 0.6 is 47.3 Å². The van der Waals surface area contributed by atoms with Gasteiger partial charge in [-0.15, -0.1) is 0 Å². The minimum absolute atomic E-state index is 0.266. The molecule has 1 aromatic carbocycles. The number of thioether (sulfide) groups is 2. The van der Waals surface area contributed by atoms with Crippen LogP contribution in [0.5, 0.6) is 0 Å². The first-order valence-corrected chi connectivity index (χ1v) is 9.68. The van der Waals surface area contributed by atoms with Gasteiger partial charge in [-0.3, -0.25) is 9.69 Å². The summed E-state index contributed by atoms with van der Waals surface area (Å²) in [4.78, 5) is 25.6. The molecule has 2 rings (SSSR count). The number of carbonyl (C=O) groups excluding carboxylic acids is 1. The molecule has 0 spiro atoms. The topological polar surface area (TPSA) is 57.6 Å². The molecule has 0 bridgehead atoms. The number of carboxylic acid groups (broad SMARTS) is 1. The number of hydrogen-bond acceptors (Lipinski definition) is 5. The second kappa shape index (κ2) is 8.19. The number of benzene rings is 1. The third-order valence-electron chi connectivity index (χ3n) is 3.21. The van der Waals surface area contributed by atoms with Crippen LogP contribution in [0.2, 0.25) is 5.02 Å². The molecule has 8 heteroatoms.